The zero-order chi connectivity index (χ0) is 20.4. The summed E-state index contributed by atoms with van der Waals surface area (Å²) in [6.07, 6.45) is 0.0357. The van der Waals surface area contributed by atoms with E-state index in [1.165, 1.54) is 0 Å². The van der Waals surface area contributed by atoms with Gasteiger partial charge < -0.3 is 20.1 Å². The first-order valence-corrected chi connectivity index (χ1v) is 9.75. The van der Waals surface area contributed by atoms with E-state index in [-0.39, 0.29) is 30.0 Å². The van der Waals surface area contributed by atoms with Crippen LogP contribution in [0.2, 0.25) is 0 Å². The van der Waals surface area contributed by atoms with Crippen LogP contribution in [0.1, 0.15) is 24.2 Å². The van der Waals surface area contributed by atoms with Crippen LogP contribution in [0.3, 0.4) is 0 Å². The normalized spacial score (nSPS) is 30.6. The zero-order valence-corrected chi connectivity index (χ0v) is 16.0. The van der Waals surface area contributed by atoms with Gasteiger partial charge in [-0.2, -0.15) is 0 Å². The Morgan fingerprint density at radius 1 is 1.14 bits per heavy atom. The Hall–Kier alpha value is -2.58. The van der Waals surface area contributed by atoms with Gasteiger partial charge in [-0.15, -0.1) is 0 Å². The second-order valence-corrected chi connectivity index (χ2v) is 8.21. The molecule has 0 bridgehead atoms. The van der Waals surface area contributed by atoms with Crippen molar-refractivity contribution in [1.29, 1.82) is 0 Å². The minimum atomic E-state index is -0.862. The molecule has 0 aliphatic heterocycles. The first-order valence-electron chi connectivity index (χ1n) is 9.75. The maximum Gasteiger partial charge on any atom is 0.162 e. The van der Waals surface area contributed by atoms with Crippen LogP contribution in [0.5, 0.6) is 0 Å². The molecule has 6 atom stereocenters. The van der Waals surface area contributed by atoms with Gasteiger partial charge in [0.05, 0.1) is 24.2 Å². The third kappa shape index (κ3) is 2.81. The highest BCUT2D eigenvalue weighted by atomic mass is 19.1. The van der Waals surface area contributed by atoms with E-state index in [0.717, 1.165) is 23.9 Å². The van der Waals surface area contributed by atoms with E-state index in [1.807, 2.05) is 11.5 Å². The number of aliphatic hydroxyl groups excluding tert-OH is 2. The molecule has 29 heavy (non-hydrogen) atoms. The van der Waals surface area contributed by atoms with Crippen molar-refractivity contribution in [2.45, 2.75) is 38.6 Å². The van der Waals surface area contributed by atoms with Gasteiger partial charge in [0.15, 0.2) is 5.65 Å². The second kappa shape index (κ2) is 6.47. The third-order valence-electron chi connectivity index (χ3n) is 6.46. The number of halogens is 2. The highest BCUT2D eigenvalue weighted by Gasteiger charge is 2.65. The van der Waals surface area contributed by atoms with E-state index < -0.39 is 23.8 Å². The molecule has 3 N–H and O–H groups in total. The van der Waals surface area contributed by atoms with Crippen molar-refractivity contribution in [3.8, 4) is 0 Å². The molecule has 0 radical (unpaired) electrons. The number of rotatable bonds is 4. The van der Waals surface area contributed by atoms with Crippen LogP contribution >= 0.6 is 0 Å². The molecule has 1 aromatic carbocycles. The van der Waals surface area contributed by atoms with Crippen molar-refractivity contribution >= 4 is 16.9 Å². The first kappa shape index (κ1) is 18.4. The van der Waals surface area contributed by atoms with Crippen molar-refractivity contribution in [1.82, 2.24) is 14.5 Å². The first-order chi connectivity index (χ1) is 13.9. The van der Waals surface area contributed by atoms with Crippen LogP contribution in [-0.2, 0) is 6.54 Å². The molecular formula is C21H22F2N4O2. The summed E-state index contributed by atoms with van der Waals surface area (Å²) in [5.41, 5.74) is 2.79. The van der Waals surface area contributed by atoms with Crippen LogP contribution in [-0.4, -0.2) is 37.0 Å². The second-order valence-electron chi connectivity index (χ2n) is 8.21. The monoisotopic (exact) mass is 400 g/mol. The predicted molar refractivity (Wildman–Crippen MR) is 103 cm³/mol. The molecule has 0 spiro atoms. The molecule has 2 aromatic heterocycles. The molecule has 2 saturated carbocycles. The number of pyridine rings is 1. The number of nitrogens with zero attached hydrogens (tertiary/aromatic N) is 3. The molecule has 6 nitrogen and oxygen atoms in total. The van der Waals surface area contributed by atoms with Gasteiger partial charge in [-0.05, 0) is 48.9 Å². The van der Waals surface area contributed by atoms with Crippen molar-refractivity contribution in [2.75, 3.05) is 5.32 Å². The lowest BCUT2D eigenvalue weighted by Crippen LogP contribution is -2.32. The summed E-state index contributed by atoms with van der Waals surface area (Å²) in [6.45, 7) is 4.02. The van der Waals surface area contributed by atoms with Crippen molar-refractivity contribution < 1.29 is 19.0 Å². The summed E-state index contributed by atoms with van der Waals surface area (Å²) in [6, 6.07) is 4.88. The molecule has 2 heterocycles. The average Bonchev–Trinajstić information content (AvgIpc) is 3.02. The summed E-state index contributed by atoms with van der Waals surface area (Å²) >= 11 is 0. The molecule has 2 aliphatic rings. The van der Waals surface area contributed by atoms with Crippen LogP contribution < -0.4 is 5.32 Å². The smallest absolute Gasteiger partial charge is 0.162 e. The summed E-state index contributed by atoms with van der Waals surface area (Å²) < 4.78 is 29.2. The lowest BCUT2D eigenvalue weighted by atomic mass is 10.0. The van der Waals surface area contributed by atoms with Crippen LogP contribution in [0.15, 0.2) is 30.6 Å². The fraction of sp³-hybridized carbons (Fsp3) is 0.429. The Labute approximate surface area is 166 Å². The molecule has 152 valence electrons. The van der Waals surface area contributed by atoms with Crippen LogP contribution in [0.4, 0.5) is 14.5 Å². The largest absolute Gasteiger partial charge is 0.390 e. The summed E-state index contributed by atoms with van der Waals surface area (Å²) in [4.78, 5) is 9.07. The lowest BCUT2D eigenvalue weighted by Gasteiger charge is -2.23. The number of benzene rings is 1. The third-order valence-corrected chi connectivity index (χ3v) is 6.46. The topological polar surface area (TPSA) is 83.2 Å². The van der Waals surface area contributed by atoms with E-state index in [0.29, 0.717) is 22.8 Å². The van der Waals surface area contributed by atoms with Gasteiger partial charge >= 0.3 is 0 Å². The number of aliphatic hydroxyl groups is 2. The maximum atomic E-state index is 13.9. The highest BCUT2D eigenvalue weighted by molar-refractivity contribution is 5.86. The van der Waals surface area contributed by atoms with Crippen molar-refractivity contribution in [2.24, 2.45) is 17.8 Å². The van der Waals surface area contributed by atoms with Gasteiger partial charge in [-0.25, -0.2) is 18.7 Å². The standard InChI is InChI=1S/C21H22F2N4O2/c1-9-5-14(24-7-11-6-12(22)3-4-13(11)23)17-21(26-9)27(8-25-17)18-15-10(2)16(15)19(28)20(18)29/h3-6,8,10,15-16,18-20,28-29H,7H2,1-2H3,(H,24,26)/t10-,15+,16-,18-,19-,20+/m1/s1. The molecule has 8 heteroatoms. The van der Waals surface area contributed by atoms with Crippen LogP contribution in [0, 0.1) is 36.3 Å². The molecular weight excluding hydrogens is 378 g/mol. The average molecular weight is 400 g/mol. The fourth-order valence-electron chi connectivity index (χ4n) is 4.96. The van der Waals surface area contributed by atoms with Gasteiger partial charge in [0.1, 0.15) is 23.3 Å². The minimum Gasteiger partial charge on any atom is -0.390 e. The van der Waals surface area contributed by atoms with Gasteiger partial charge in [-0.1, -0.05) is 6.92 Å². The van der Waals surface area contributed by atoms with E-state index in [9.17, 15) is 19.0 Å². The summed E-state index contributed by atoms with van der Waals surface area (Å²) in [7, 11) is 0. The number of hydrogen-bond donors (Lipinski definition) is 3. The maximum absolute atomic E-state index is 13.9. The van der Waals surface area contributed by atoms with Crippen molar-refractivity contribution in [3.63, 3.8) is 0 Å². The Kier molecular flexibility index (Phi) is 4.11. The molecule has 3 aromatic rings. The summed E-state index contributed by atoms with van der Waals surface area (Å²) in [5.74, 6) is -0.341. The van der Waals surface area contributed by atoms with E-state index in [1.54, 1.807) is 12.4 Å². The molecule has 0 unspecified atom stereocenters. The van der Waals surface area contributed by atoms with Gasteiger partial charge in [-0.3, -0.25) is 0 Å². The molecule has 0 amide bonds. The van der Waals surface area contributed by atoms with Gasteiger partial charge in [0.25, 0.3) is 0 Å². The van der Waals surface area contributed by atoms with E-state index >= 15 is 0 Å². The Morgan fingerprint density at radius 2 is 1.93 bits per heavy atom. The van der Waals surface area contributed by atoms with E-state index in [2.05, 4.69) is 22.2 Å². The van der Waals surface area contributed by atoms with Crippen molar-refractivity contribution in [3.05, 3.63) is 53.5 Å². The lowest BCUT2D eigenvalue weighted by molar-refractivity contribution is -0.00221. The highest BCUT2D eigenvalue weighted by Crippen LogP contribution is 2.62. The summed E-state index contributed by atoms with van der Waals surface area (Å²) in [5, 5.41) is 24.0. The quantitative estimate of drug-likeness (QED) is 0.627. The zero-order valence-electron chi connectivity index (χ0n) is 16.0. The predicted octanol–water partition coefficient (Wildman–Crippen LogP) is 2.79. The number of fused-ring (bicyclic) bond motifs is 2. The Balaban J connectivity index is 1.49. The Bertz CT molecular complexity index is 1100. The number of hydrogen-bond acceptors (Lipinski definition) is 5. The Morgan fingerprint density at radius 3 is 2.69 bits per heavy atom. The molecule has 2 fully saturated rings. The number of imidazole rings is 1. The minimum absolute atomic E-state index is 0.0987. The van der Waals surface area contributed by atoms with E-state index in [4.69, 9.17) is 0 Å². The molecule has 2 aliphatic carbocycles. The molecule has 0 saturated heterocycles. The van der Waals surface area contributed by atoms with Crippen LogP contribution in [0.25, 0.3) is 11.2 Å². The van der Waals surface area contributed by atoms with Gasteiger partial charge in [0, 0.05) is 17.8 Å². The number of aromatic nitrogens is 3. The number of aryl methyl sites for hydroxylation is 1. The number of anilines is 1. The SMILES string of the molecule is Cc1cc(NCc2cc(F)ccc2F)c2ncn([C@H]3[C@H](O)[C@H](O)[C@@H]4[C@H](C)[C@@H]43)c2n1. The fourth-order valence-corrected chi connectivity index (χ4v) is 4.96. The number of nitrogens with one attached hydrogen (secondary N) is 1. The van der Waals surface area contributed by atoms with Gasteiger partial charge in [0.2, 0.25) is 0 Å². The molecule has 5 rings (SSSR count).